The lowest BCUT2D eigenvalue weighted by Crippen LogP contribution is -2.47. The number of ether oxygens (including phenoxy) is 1. The summed E-state index contributed by atoms with van der Waals surface area (Å²) < 4.78 is 5.23. The summed E-state index contributed by atoms with van der Waals surface area (Å²) in [5.74, 6) is -0.838. The second-order valence-corrected chi connectivity index (χ2v) is 4.55. The van der Waals surface area contributed by atoms with Gasteiger partial charge in [-0.1, -0.05) is 0 Å². The van der Waals surface area contributed by atoms with Crippen molar-refractivity contribution in [2.75, 3.05) is 19.6 Å². The van der Waals surface area contributed by atoms with Gasteiger partial charge in [-0.15, -0.1) is 0 Å². The van der Waals surface area contributed by atoms with E-state index in [-0.39, 0.29) is 12.5 Å². The Morgan fingerprint density at radius 1 is 1.67 bits per heavy atom. The number of aliphatic hydroxyl groups excluding tert-OH is 1. The Morgan fingerprint density at radius 3 is 2.87 bits per heavy atom. The number of hydrogen-bond donors (Lipinski definition) is 3. The SMILES string of the molecule is CC(C)(CN)OC(=O)[C@H]1CNCC[C@@H]1O. The van der Waals surface area contributed by atoms with Gasteiger partial charge in [0, 0.05) is 13.1 Å². The van der Waals surface area contributed by atoms with Crippen LogP contribution in [0.1, 0.15) is 20.3 Å². The number of rotatable bonds is 3. The van der Waals surface area contributed by atoms with Gasteiger partial charge in [0.15, 0.2) is 0 Å². The van der Waals surface area contributed by atoms with Crippen molar-refractivity contribution in [2.24, 2.45) is 11.7 Å². The van der Waals surface area contributed by atoms with E-state index in [4.69, 9.17) is 10.5 Å². The predicted octanol–water partition coefficient (Wildman–Crippen LogP) is -0.763. The van der Waals surface area contributed by atoms with Crippen LogP contribution < -0.4 is 11.1 Å². The van der Waals surface area contributed by atoms with E-state index >= 15 is 0 Å². The smallest absolute Gasteiger partial charge is 0.313 e. The average molecular weight is 216 g/mol. The molecule has 0 aromatic heterocycles. The minimum absolute atomic E-state index is 0.273. The number of esters is 1. The third kappa shape index (κ3) is 3.44. The molecular formula is C10H20N2O3. The molecule has 1 heterocycles. The molecule has 1 aliphatic rings. The number of aliphatic hydroxyl groups is 1. The van der Waals surface area contributed by atoms with Gasteiger partial charge in [0.25, 0.3) is 0 Å². The van der Waals surface area contributed by atoms with Crippen LogP contribution in [0.4, 0.5) is 0 Å². The van der Waals surface area contributed by atoms with E-state index in [0.717, 1.165) is 6.54 Å². The van der Waals surface area contributed by atoms with Gasteiger partial charge in [0.2, 0.25) is 0 Å². The number of carbonyl (C=O) groups excluding carboxylic acids is 1. The van der Waals surface area contributed by atoms with Crippen molar-refractivity contribution in [1.82, 2.24) is 5.32 Å². The van der Waals surface area contributed by atoms with Crippen molar-refractivity contribution in [3.05, 3.63) is 0 Å². The highest BCUT2D eigenvalue weighted by Gasteiger charge is 2.33. The number of hydrogen-bond acceptors (Lipinski definition) is 5. The van der Waals surface area contributed by atoms with E-state index in [1.807, 2.05) is 0 Å². The molecule has 1 rings (SSSR count). The highest BCUT2D eigenvalue weighted by Crippen LogP contribution is 2.17. The molecule has 1 saturated heterocycles. The van der Waals surface area contributed by atoms with E-state index < -0.39 is 17.6 Å². The van der Waals surface area contributed by atoms with Crippen molar-refractivity contribution >= 4 is 5.97 Å². The monoisotopic (exact) mass is 216 g/mol. The first kappa shape index (κ1) is 12.4. The third-order valence-corrected chi connectivity index (χ3v) is 2.62. The zero-order valence-corrected chi connectivity index (χ0v) is 9.32. The molecule has 0 amide bonds. The molecule has 0 aromatic carbocycles. The van der Waals surface area contributed by atoms with Crippen LogP contribution in [0.2, 0.25) is 0 Å². The Morgan fingerprint density at radius 2 is 2.33 bits per heavy atom. The minimum atomic E-state index is -0.658. The fourth-order valence-corrected chi connectivity index (χ4v) is 1.47. The number of carbonyl (C=O) groups is 1. The first-order chi connectivity index (χ1) is 6.96. The molecule has 0 unspecified atom stereocenters. The summed E-state index contributed by atoms with van der Waals surface area (Å²) in [6.07, 6.45) is -0.0182. The molecule has 0 aromatic rings. The lowest BCUT2D eigenvalue weighted by Gasteiger charge is -2.30. The number of nitrogens with two attached hydrogens (primary N) is 1. The topological polar surface area (TPSA) is 84.6 Å². The maximum absolute atomic E-state index is 11.7. The molecule has 0 bridgehead atoms. The number of nitrogens with one attached hydrogen (secondary N) is 1. The second-order valence-electron chi connectivity index (χ2n) is 4.55. The van der Waals surface area contributed by atoms with Crippen LogP contribution in [-0.4, -0.2) is 42.4 Å². The van der Waals surface area contributed by atoms with E-state index in [0.29, 0.717) is 13.0 Å². The highest BCUT2D eigenvalue weighted by molar-refractivity contribution is 5.74. The normalized spacial score (nSPS) is 27.5. The standard InChI is InChI=1S/C10H20N2O3/c1-10(2,6-11)15-9(14)7-5-12-4-3-8(7)13/h7-8,12-13H,3-6,11H2,1-2H3/t7-,8-/m0/s1. The van der Waals surface area contributed by atoms with Crippen molar-refractivity contribution in [1.29, 1.82) is 0 Å². The Hall–Kier alpha value is -0.650. The molecule has 88 valence electrons. The van der Waals surface area contributed by atoms with Crippen LogP contribution in [0.5, 0.6) is 0 Å². The Labute approximate surface area is 90.0 Å². The van der Waals surface area contributed by atoms with E-state index in [9.17, 15) is 9.90 Å². The first-order valence-electron chi connectivity index (χ1n) is 5.28. The Bertz CT molecular complexity index is 231. The summed E-state index contributed by atoms with van der Waals surface area (Å²) in [6, 6.07) is 0. The van der Waals surface area contributed by atoms with Crippen LogP contribution >= 0.6 is 0 Å². The fraction of sp³-hybridized carbons (Fsp3) is 0.900. The third-order valence-electron chi connectivity index (χ3n) is 2.62. The van der Waals surface area contributed by atoms with Gasteiger partial charge in [0.05, 0.1) is 12.0 Å². The first-order valence-corrected chi connectivity index (χ1v) is 5.28. The van der Waals surface area contributed by atoms with Gasteiger partial charge in [-0.2, -0.15) is 0 Å². The largest absolute Gasteiger partial charge is 0.458 e. The van der Waals surface area contributed by atoms with Crippen molar-refractivity contribution < 1.29 is 14.6 Å². The van der Waals surface area contributed by atoms with Crippen molar-refractivity contribution in [3.8, 4) is 0 Å². The summed E-state index contributed by atoms with van der Waals surface area (Å²) >= 11 is 0. The highest BCUT2D eigenvalue weighted by atomic mass is 16.6. The summed E-state index contributed by atoms with van der Waals surface area (Å²) in [5, 5.41) is 12.7. The lowest BCUT2D eigenvalue weighted by atomic mass is 9.96. The quantitative estimate of drug-likeness (QED) is 0.540. The maximum Gasteiger partial charge on any atom is 0.313 e. The predicted molar refractivity (Wildman–Crippen MR) is 56.2 cm³/mol. The molecule has 5 nitrogen and oxygen atoms in total. The molecule has 5 heteroatoms. The molecule has 15 heavy (non-hydrogen) atoms. The molecule has 2 atom stereocenters. The van der Waals surface area contributed by atoms with Crippen LogP contribution in [0.15, 0.2) is 0 Å². The summed E-state index contributed by atoms with van der Waals surface area (Å²) in [6.45, 7) is 5.00. The number of piperidine rings is 1. The van der Waals surface area contributed by atoms with Crippen LogP contribution in [0.3, 0.4) is 0 Å². The second kappa shape index (κ2) is 4.92. The zero-order chi connectivity index (χ0) is 11.5. The van der Waals surface area contributed by atoms with Gasteiger partial charge >= 0.3 is 5.97 Å². The molecule has 1 aliphatic heterocycles. The van der Waals surface area contributed by atoms with E-state index in [2.05, 4.69) is 5.32 Å². The van der Waals surface area contributed by atoms with E-state index in [1.165, 1.54) is 0 Å². The van der Waals surface area contributed by atoms with Crippen molar-refractivity contribution in [3.63, 3.8) is 0 Å². The molecule has 0 spiro atoms. The summed E-state index contributed by atoms with van der Waals surface area (Å²) in [5.41, 5.74) is 4.80. The summed E-state index contributed by atoms with van der Waals surface area (Å²) in [7, 11) is 0. The van der Waals surface area contributed by atoms with Crippen LogP contribution in [0, 0.1) is 5.92 Å². The van der Waals surface area contributed by atoms with Gasteiger partial charge < -0.3 is 20.9 Å². The van der Waals surface area contributed by atoms with Crippen molar-refractivity contribution in [2.45, 2.75) is 32.0 Å². The van der Waals surface area contributed by atoms with Gasteiger partial charge in [-0.25, -0.2) is 0 Å². The molecule has 4 N–H and O–H groups in total. The van der Waals surface area contributed by atoms with Gasteiger partial charge in [0.1, 0.15) is 5.60 Å². The minimum Gasteiger partial charge on any atom is -0.458 e. The Kier molecular flexibility index (Phi) is 4.07. The lowest BCUT2D eigenvalue weighted by molar-refractivity contribution is -0.165. The maximum atomic E-state index is 11.7. The average Bonchev–Trinajstić information content (AvgIpc) is 2.17. The van der Waals surface area contributed by atoms with Gasteiger partial charge in [-0.05, 0) is 26.8 Å². The van der Waals surface area contributed by atoms with Crippen LogP contribution in [0.25, 0.3) is 0 Å². The molecule has 0 saturated carbocycles. The fourth-order valence-electron chi connectivity index (χ4n) is 1.47. The van der Waals surface area contributed by atoms with Crippen LogP contribution in [-0.2, 0) is 9.53 Å². The molecule has 0 aliphatic carbocycles. The summed E-state index contributed by atoms with van der Waals surface area (Å²) in [4.78, 5) is 11.7. The van der Waals surface area contributed by atoms with Gasteiger partial charge in [-0.3, -0.25) is 4.79 Å². The zero-order valence-electron chi connectivity index (χ0n) is 9.32. The van der Waals surface area contributed by atoms with E-state index in [1.54, 1.807) is 13.8 Å². The Balaban J connectivity index is 2.52. The molecule has 0 radical (unpaired) electrons. The molecule has 1 fully saturated rings. The molecular weight excluding hydrogens is 196 g/mol.